The first kappa shape index (κ1) is 15.5. The predicted molar refractivity (Wildman–Crippen MR) is 75.3 cm³/mol. The molecule has 2 rings (SSSR count). The van der Waals surface area contributed by atoms with E-state index >= 15 is 0 Å². The molecule has 0 spiro atoms. The zero-order valence-corrected chi connectivity index (χ0v) is 12.2. The first-order valence-electron chi connectivity index (χ1n) is 6.99. The van der Waals surface area contributed by atoms with Crippen LogP contribution >= 0.6 is 0 Å². The maximum absolute atomic E-state index is 11.3. The van der Waals surface area contributed by atoms with Crippen molar-refractivity contribution < 1.29 is 14.1 Å². The third-order valence-corrected chi connectivity index (χ3v) is 3.44. The molecule has 0 aromatic carbocycles. The molecule has 3 N–H and O–H groups in total. The molecule has 116 valence electrons. The van der Waals surface area contributed by atoms with E-state index in [2.05, 4.69) is 20.3 Å². The van der Waals surface area contributed by atoms with E-state index in [0.29, 0.717) is 6.54 Å². The van der Waals surface area contributed by atoms with Gasteiger partial charge in [-0.1, -0.05) is 5.16 Å². The fourth-order valence-corrected chi connectivity index (χ4v) is 2.35. The number of urea groups is 1. The Labute approximate surface area is 123 Å². The van der Waals surface area contributed by atoms with Crippen molar-refractivity contribution in [1.29, 1.82) is 0 Å². The molecule has 1 fully saturated rings. The summed E-state index contributed by atoms with van der Waals surface area (Å²) in [6, 6.07) is 1.15. The zero-order valence-electron chi connectivity index (χ0n) is 12.2. The maximum Gasteiger partial charge on any atom is 0.318 e. The molecule has 0 atom stereocenters. The Kier molecular flexibility index (Phi) is 5.29. The van der Waals surface area contributed by atoms with Gasteiger partial charge in [-0.25, -0.2) is 4.79 Å². The number of imide groups is 1. The van der Waals surface area contributed by atoms with Crippen LogP contribution in [-0.2, 0) is 11.3 Å². The van der Waals surface area contributed by atoms with Gasteiger partial charge in [-0.15, -0.1) is 0 Å². The number of nitrogens with zero attached hydrogens (tertiary/aromatic N) is 3. The van der Waals surface area contributed by atoms with Crippen molar-refractivity contribution in [3.05, 3.63) is 17.5 Å². The molecule has 3 amide bonds. The van der Waals surface area contributed by atoms with Gasteiger partial charge in [0.2, 0.25) is 5.91 Å². The molecule has 1 aromatic rings. The van der Waals surface area contributed by atoms with Crippen LogP contribution in [0.2, 0.25) is 0 Å². The summed E-state index contributed by atoms with van der Waals surface area (Å²) in [5.41, 5.74) is 5.84. The highest BCUT2D eigenvalue weighted by atomic mass is 16.5. The summed E-state index contributed by atoms with van der Waals surface area (Å²) in [6.45, 7) is 6.92. The number of carbonyl (C=O) groups excluding carboxylic acids is 2. The fraction of sp³-hybridized carbons (Fsp3) is 0.615. The van der Waals surface area contributed by atoms with E-state index in [9.17, 15) is 9.59 Å². The number of nitrogens with two attached hydrogens (primary N) is 1. The number of hydrogen-bond donors (Lipinski definition) is 2. The maximum atomic E-state index is 11.3. The number of amides is 3. The molecule has 0 radical (unpaired) electrons. The van der Waals surface area contributed by atoms with E-state index in [4.69, 9.17) is 10.3 Å². The van der Waals surface area contributed by atoms with Gasteiger partial charge in [-0.3, -0.25) is 15.0 Å². The summed E-state index contributed by atoms with van der Waals surface area (Å²) in [6.07, 6.45) is 0.283. The van der Waals surface area contributed by atoms with E-state index in [1.54, 1.807) is 0 Å². The molecule has 1 saturated heterocycles. The first-order valence-corrected chi connectivity index (χ1v) is 6.99. The van der Waals surface area contributed by atoms with Gasteiger partial charge in [-0.05, 0) is 6.92 Å². The summed E-state index contributed by atoms with van der Waals surface area (Å²) in [5, 5.41) is 6.06. The minimum atomic E-state index is -0.798. The van der Waals surface area contributed by atoms with E-state index < -0.39 is 6.03 Å². The topological polar surface area (TPSA) is 105 Å². The number of rotatable bonds is 5. The van der Waals surface area contributed by atoms with Crippen LogP contribution in [0, 0.1) is 6.92 Å². The van der Waals surface area contributed by atoms with Gasteiger partial charge < -0.3 is 15.2 Å². The van der Waals surface area contributed by atoms with E-state index in [-0.39, 0.29) is 12.3 Å². The zero-order chi connectivity index (χ0) is 15.2. The van der Waals surface area contributed by atoms with Gasteiger partial charge in [0.1, 0.15) is 5.76 Å². The predicted octanol–water partition coefficient (Wildman–Crippen LogP) is -0.314. The van der Waals surface area contributed by atoms with Crippen LogP contribution in [0.5, 0.6) is 0 Å². The average Bonchev–Trinajstić information content (AvgIpc) is 2.83. The quantitative estimate of drug-likeness (QED) is 0.772. The molecule has 0 unspecified atom stereocenters. The number of aryl methyl sites for hydroxylation is 1. The van der Waals surface area contributed by atoms with Gasteiger partial charge >= 0.3 is 6.03 Å². The van der Waals surface area contributed by atoms with E-state index in [0.717, 1.165) is 44.2 Å². The molecule has 21 heavy (non-hydrogen) atoms. The highest BCUT2D eigenvalue weighted by Gasteiger charge is 2.18. The molecule has 1 aliphatic rings. The van der Waals surface area contributed by atoms with E-state index in [1.807, 2.05) is 13.0 Å². The molecule has 8 heteroatoms. The first-order chi connectivity index (χ1) is 10.0. The fourth-order valence-electron chi connectivity index (χ4n) is 2.35. The minimum absolute atomic E-state index is 0.283. The molecule has 8 nitrogen and oxygen atoms in total. The van der Waals surface area contributed by atoms with Crippen LogP contribution in [0.3, 0.4) is 0 Å². The standard InChI is InChI=1S/C13H21N5O3/c1-10-8-11(16-21-10)9-18-6-4-17(5-7-18)3-2-12(19)15-13(14)20/h8H,2-7,9H2,1H3,(H3,14,15,19,20). The highest BCUT2D eigenvalue weighted by molar-refractivity contribution is 5.93. The van der Waals surface area contributed by atoms with Crippen molar-refractivity contribution in [2.24, 2.45) is 5.73 Å². The molecule has 1 aromatic heterocycles. The lowest BCUT2D eigenvalue weighted by Crippen LogP contribution is -2.47. The molecule has 0 saturated carbocycles. The lowest BCUT2D eigenvalue weighted by Gasteiger charge is -2.34. The normalized spacial score (nSPS) is 16.8. The summed E-state index contributed by atoms with van der Waals surface area (Å²) in [4.78, 5) is 26.4. The van der Waals surface area contributed by atoms with Crippen LogP contribution in [0.4, 0.5) is 4.79 Å². The van der Waals surface area contributed by atoms with Gasteiger partial charge in [-0.2, -0.15) is 0 Å². The van der Waals surface area contributed by atoms with Crippen molar-refractivity contribution in [2.75, 3.05) is 32.7 Å². The Morgan fingerprint density at radius 2 is 2.00 bits per heavy atom. The minimum Gasteiger partial charge on any atom is -0.361 e. The lowest BCUT2D eigenvalue weighted by atomic mass is 10.2. The van der Waals surface area contributed by atoms with Crippen LogP contribution < -0.4 is 11.1 Å². The molecule has 0 bridgehead atoms. The largest absolute Gasteiger partial charge is 0.361 e. The second-order valence-electron chi connectivity index (χ2n) is 5.21. The van der Waals surface area contributed by atoms with Crippen LogP contribution in [0.1, 0.15) is 17.9 Å². The monoisotopic (exact) mass is 295 g/mol. The lowest BCUT2D eigenvalue weighted by molar-refractivity contribution is -0.120. The summed E-state index contributed by atoms with van der Waals surface area (Å²) >= 11 is 0. The van der Waals surface area contributed by atoms with Crippen LogP contribution in [0.25, 0.3) is 0 Å². The Bertz CT molecular complexity index is 494. The Morgan fingerprint density at radius 3 is 2.57 bits per heavy atom. The van der Waals surface area contributed by atoms with Crippen LogP contribution in [-0.4, -0.2) is 59.6 Å². The molecule has 1 aliphatic heterocycles. The number of piperazine rings is 1. The van der Waals surface area contributed by atoms with Crippen molar-refractivity contribution in [3.63, 3.8) is 0 Å². The number of nitrogens with one attached hydrogen (secondary N) is 1. The third kappa shape index (κ3) is 5.16. The van der Waals surface area contributed by atoms with Gasteiger partial charge in [0.15, 0.2) is 0 Å². The van der Waals surface area contributed by atoms with Gasteiger partial charge in [0, 0.05) is 51.8 Å². The molecular formula is C13H21N5O3. The van der Waals surface area contributed by atoms with Crippen molar-refractivity contribution >= 4 is 11.9 Å². The van der Waals surface area contributed by atoms with Crippen molar-refractivity contribution in [2.45, 2.75) is 19.9 Å². The molecular weight excluding hydrogens is 274 g/mol. The second kappa shape index (κ2) is 7.19. The number of carbonyl (C=O) groups is 2. The summed E-state index contributed by atoms with van der Waals surface area (Å²) in [7, 11) is 0. The highest BCUT2D eigenvalue weighted by Crippen LogP contribution is 2.09. The Hall–Kier alpha value is -1.93. The average molecular weight is 295 g/mol. The summed E-state index contributed by atoms with van der Waals surface area (Å²) in [5.74, 6) is 0.493. The number of primary amides is 1. The number of aromatic nitrogens is 1. The van der Waals surface area contributed by atoms with Gasteiger partial charge in [0.25, 0.3) is 0 Å². The van der Waals surface area contributed by atoms with Gasteiger partial charge in [0.05, 0.1) is 5.69 Å². The van der Waals surface area contributed by atoms with E-state index in [1.165, 1.54) is 0 Å². The molecule has 2 heterocycles. The summed E-state index contributed by atoms with van der Waals surface area (Å²) < 4.78 is 5.05. The second-order valence-corrected chi connectivity index (χ2v) is 5.21. The smallest absolute Gasteiger partial charge is 0.318 e. The third-order valence-electron chi connectivity index (χ3n) is 3.44. The van der Waals surface area contributed by atoms with Crippen LogP contribution in [0.15, 0.2) is 10.6 Å². The Morgan fingerprint density at radius 1 is 1.33 bits per heavy atom. The Balaban J connectivity index is 1.66. The van der Waals surface area contributed by atoms with Crippen molar-refractivity contribution in [1.82, 2.24) is 20.3 Å². The SMILES string of the molecule is Cc1cc(CN2CCN(CCC(=O)NC(N)=O)CC2)no1. The number of hydrogen-bond acceptors (Lipinski definition) is 6. The van der Waals surface area contributed by atoms with Crippen molar-refractivity contribution in [3.8, 4) is 0 Å². The molecule has 0 aliphatic carbocycles.